The summed E-state index contributed by atoms with van der Waals surface area (Å²) in [5.74, 6) is 0.143. The van der Waals surface area contributed by atoms with Gasteiger partial charge in [-0.1, -0.05) is 19.1 Å². The molecule has 9 heteroatoms. The van der Waals surface area contributed by atoms with Crippen molar-refractivity contribution in [1.82, 2.24) is 10.4 Å². The molecule has 1 aromatic carbocycles. The van der Waals surface area contributed by atoms with Crippen molar-refractivity contribution in [2.24, 2.45) is 5.92 Å². The fourth-order valence-electron chi connectivity index (χ4n) is 4.63. The third-order valence-corrected chi connectivity index (χ3v) is 9.28. The van der Waals surface area contributed by atoms with Gasteiger partial charge in [0, 0.05) is 32.7 Å². The molecule has 0 unspecified atom stereocenters. The molecule has 3 rings (SSSR count). The molecule has 32 heavy (non-hydrogen) atoms. The molecule has 2 heterocycles. The molecular formula is C23H34N2O6S. The highest BCUT2D eigenvalue weighted by Crippen LogP contribution is 2.35. The number of aryl methyl sites for hydroxylation is 1. The summed E-state index contributed by atoms with van der Waals surface area (Å²) in [7, 11) is -2.63. The number of sulfone groups is 1. The molecule has 178 valence electrons. The monoisotopic (exact) mass is 466 g/mol. The summed E-state index contributed by atoms with van der Waals surface area (Å²) in [6.07, 6.45) is 4.63. The van der Waals surface area contributed by atoms with Crippen LogP contribution >= 0.6 is 0 Å². The quantitative estimate of drug-likeness (QED) is 0.590. The van der Waals surface area contributed by atoms with Crippen molar-refractivity contribution in [3.63, 3.8) is 0 Å². The third-order valence-electron chi connectivity index (χ3n) is 6.77. The van der Waals surface area contributed by atoms with Crippen LogP contribution in [0.2, 0.25) is 0 Å². The number of nitrogens with one attached hydrogen (secondary N) is 1. The minimum atomic E-state index is -3.92. The van der Waals surface area contributed by atoms with E-state index in [-0.39, 0.29) is 36.9 Å². The lowest BCUT2D eigenvalue weighted by Crippen LogP contribution is -2.55. The number of nitrogens with zero attached hydrogens (tertiary/aromatic N) is 1. The van der Waals surface area contributed by atoms with E-state index in [1.807, 2.05) is 24.0 Å². The number of hydroxylamine groups is 1. The number of ether oxygens (including phenoxy) is 1. The highest BCUT2D eigenvalue weighted by atomic mass is 32.2. The van der Waals surface area contributed by atoms with Gasteiger partial charge in [0.05, 0.1) is 12.0 Å². The van der Waals surface area contributed by atoms with E-state index < -0.39 is 20.5 Å². The minimum Gasteiger partial charge on any atom is -0.381 e. The lowest BCUT2D eigenvalue weighted by molar-refractivity contribution is -0.136. The van der Waals surface area contributed by atoms with Gasteiger partial charge in [-0.25, -0.2) is 13.9 Å². The van der Waals surface area contributed by atoms with Crippen molar-refractivity contribution < 1.29 is 27.6 Å². The maximum absolute atomic E-state index is 13.4. The van der Waals surface area contributed by atoms with Gasteiger partial charge in [-0.3, -0.25) is 14.4 Å². The lowest BCUT2D eigenvalue weighted by Gasteiger charge is -2.34. The van der Waals surface area contributed by atoms with Crippen LogP contribution in [-0.4, -0.2) is 63.3 Å². The van der Waals surface area contributed by atoms with Crippen molar-refractivity contribution >= 4 is 21.7 Å². The number of rotatable bonds is 8. The van der Waals surface area contributed by atoms with Gasteiger partial charge in [-0.15, -0.1) is 0 Å². The molecule has 2 amide bonds. The van der Waals surface area contributed by atoms with Gasteiger partial charge in [0.25, 0.3) is 5.91 Å². The van der Waals surface area contributed by atoms with Gasteiger partial charge in [0.15, 0.2) is 14.6 Å². The standard InChI is InChI=1S/C23H34N2O6S/c1-3-21(26)25-14-10-19(11-15-25)5-4-18-6-8-20(9-7-18)32(28,29)23(22(27)24-30-2)12-16-31-17-13-23/h6-9,19H,3-5,10-17H2,1-2H3,(H,24,27). The number of hydrogen-bond donors (Lipinski definition) is 1. The molecule has 0 atom stereocenters. The zero-order valence-electron chi connectivity index (χ0n) is 19.0. The van der Waals surface area contributed by atoms with Crippen LogP contribution in [0.15, 0.2) is 29.2 Å². The summed E-state index contributed by atoms with van der Waals surface area (Å²) in [5.41, 5.74) is 3.28. The second-order valence-electron chi connectivity index (χ2n) is 8.61. The Balaban J connectivity index is 1.64. The first-order valence-electron chi connectivity index (χ1n) is 11.4. The molecule has 2 fully saturated rings. The summed E-state index contributed by atoms with van der Waals surface area (Å²) in [6, 6.07) is 6.88. The van der Waals surface area contributed by atoms with Crippen molar-refractivity contribution in [2.75, 3.05) is 33.4 Å². The molecule has 2 aliphatic heterocycles. The van der Waals surface area contributed by atoms with E-state index in [0.29, 0.717) is 12.3 Å². The Bertz CT molecular complexity index is 886. The van der Waals surface area contributed by atoms with Gasteiger partial charge in [-0.05, 0) is 62.1 Å². The number of benzene rings is 1. The van der Waals surface area contributed by atoms with Crippen LogP contribution in [0, 0.1) is 5.92 Å². The summed E-state index contributed by atoms with van der Waals surface area (Å²) in [4.78, 5) is 31.3. The van der Waals surface area contributed by atoms with Crippen LogP contribution in [0.1, 0.15) is 51.0 Å². The van der Waals surface area contributed by atoms with E-state index in [9.17, 15) is 18.0 Å². The minimum absolute atomic E-state index is 0.0888. The van der Waals surface area contributed by atoms with E-state index in [1.54, 1.807) is 12.1 Å². The molecule has 0 aliphatic carbocycles. The Labute approximate surface area is 190 Å². The van der Waals surface area contributed by atoms with Crippen molar-refractivity contribution in [3.05, 3.63) is 29.8 Å². The molecule has 1 aromatic rings. The molecule has 0 aromatic heterocycles. The van der Waals surface area contributed by atoms with Gasteiger partial charge >= 0.3 is 0 Å². The first kappa shape index (κ1) is 24.7. The Morgan fingerprint density at radius 2 is 1.78 bits per heavy atom. The van der Waals surface area contributed by atoms with Crippen LogP contribution < -0.4 is 5.48 Å². The smallest absolute Gasteiger partial charge is 0.265 e. The first-order valence-corrected chi connectivity index (χ1v) is 12.8. The predicted octanol–water partition coefficient (Wildman–Crippen LogP) is 2.27. The Hall–Kier alpha value is -1.97. The number of carbonyl (C=O) groups is 2. The lowest BCUT2D eigenvalue weighted by atomic mass is 9.90. The second-order valence-corrected chi connectivity index (χ2v) is 10.9. The molecule has 2 saturated heterocycles. The normalized spacial score (nSPS) is 19.5. The fraction of sp³-hybridized carbons (Fsp3) is 0.652. The summed E-state index contributed by atoms with van der Waals surface area (Å²) in [6.45, 7) is 3.95. The van der Waals surface area contributed by atoms with Crippen LogP contribution in [0.5, 0.6) is 0 Å². The molecule has 0 bridgehead atoms. The fourth-order valence-corrected chi connectivity index (χ4v) is 6.57. The zero-order chi connectivity index (χ0) is 23.2. The van der Waals surface area contributed by atoms with E-state index in [2.05, 4.69) is 5.48 Å². The Morgan fingerprint density at radius 3 is 2.34 bits per heavy atom. The predicted molar refractivity (Wildman–Crippen MR) is 119 cm³/mol. The molecule has 8 nitrogen and oxygen atoms in total. The second kappa shape index (κ2) is 10.8. The van der Waals surface area contributed by atoms with Gasteiger partial charge < -0.3 is 9.64 Å². The highest BCUT2D eigenvalue weighted by molar-refractivity contribution is 7.93. The molecule has 0 saturated carbocycles. The number of likely N-dealkylation sites (tertiary alicyclic amines) is 1. The summed E-state index contributed by atoms with van der Waals surface area (Å²) >= 11 is 0. The average molecular weight is 467 g/mol. The van der Waals surface area contributed by atoms with Crippen molar-refractivity contribution in [1.29, 1.82) is 0 Å². The summed E-state index contributed by atoms with van der Waals surface area (Å²) in [5, 5.41) is 0. The van der Waals surface area contributed by atoms with Gasteiger partial charge in [0.2, 0.25) is 5.91 Å². The summed E-state index contributed by atoms with van der Waals surface area (Å²) < 4.78 is 30.6. The zero-order valence-corrected chi connectivity index (χ0v) is 19.8. The maximum atomic E-state index is 13.4. The topological polar surface area (TPSA) is 102 Å². The van der Waals surface area contributed by atoms with Gasteiger partial charge in [0.1, 0.15) is 0 Å². The number of amides is 2. The van der Waals surface area contributed by atoms with E-state index in [1.165, 1.54) is 7.11 Å². The largest absolute Gasteiger partial charge is 0.381 e. The SMILES string of the molecule is CCC(=O)N1CCC(CCc2ccc(S(=O)(=O)C3(C(=O)NOC)CCOCC3)cc2)CC1. The van der Waals surface area contributed by atoms with Crippen LogP contribution in [-0.2, 0) is 35.4 Å². The number of carbonyl (C=O) groups excluding carboxylic acids is 2. The van der Waals surface area contributed by atoms with Crippen LogP contribution in [0.3, 0.4) is 0 Å². The average Bonchev–Trinajstić information content (AvgIpc) is 2.83. The number of piperidine rings is 1. The molecule has 1 N–H and O–H groups in total. The highest BCUT2D eigenvalue weighted by Gasteiger charge is 2.52. The molecule has 0 spiro atoms. The first-order chi connectivity index (χ1) is 15.3. The van der Waals surface area contributed by atoms with Crippen molar-refractivity contribution in [2.45, 2.75) is 61.5 Å². The van der Waals surface area contributed by atoms with Crippen molar-refractivity contribution in [3.8, 4) is 0 Å². The molecule has 0 radical (unpaired) electrons. The van der Waals surface area contributed by atoms with Crippen LogP contribution in [0.25, 0.3) is 0 Å². The van der Waals surface area contributed by atoms with E-state index in [4.69, 9.17) is 9.57 Å². The Morgan fingerprint density at radius 1 is 1.16 bits per heavy atom. The van der Waals surface area contributed by atoms with E-state index in [0.717, 1.165) is 44.3 Å². The van der Waals surface area contributed by atoms with Gasteiger partial charge in [-0.2, -0.15) is 0 Å². The van der Waals surface area contributed by atoms with E-state index >= 15 is 0 Å². The van der Waals surface area contributed by atoms with Crippen LogP contribution in [0.4, 0.5) is 0 Å². The molecular weight excluding hydrogens is 432 g/mol. The number of hydrogen-bond acceptors (Lipinski definition) is 6. The Kier molecular flexibility index (Phi) is 8.30. The molecule has 2 aliphatic rings. The third kappa shape index (κ3) is 5.15. The maximum Gasteiger partial charge on any atom is 0.265 e.